The van der Waals surface area contributed by atoms with Crippen LogP contribution in [-0.4, -0.2) is 40.2 Å². The summed E-state index contributed by atoms with van der Waals surface area (Å²) in [5, 5.41) is 10.7. The first-order valence-corrected chi connectivity index (χ1v) is 8.85. The number of aromatic nitrogens is 3. The Hall–Kier alpha value is -2.84. The number of benzene rings is 1. The molecule has 0 aliphatic heterocycles. The summed E-state index contributed by atoms with van der Waals surface area (Å²) in [7, 11) is 2.93. The van der Waals surface area contributed by atoms with Crippen molar-refractivity contribution in [1.29, 1.82) is 0 Å². The van der Waals surface area contributed by atoms with E-state index in [0.29, 0.717) is 27.9 Å². The van der Waals surface area contributed by atoms with Crippen LogP contribution in [-0.2, 0) is 0 Å². The Labute approximate surface area is 164 Å². The Morgan fingerprint density at radius 2 is 1.74 bits per heavy atom. The average Bonchev–Trinajstić information content (AvgIpc) is 2.67. The van der Waals surface area contributed by atoms with E-state index in [0.717, 1.165) is 11.8 Å². The third kappa shape index (κ3) is 4.12. The summed E-state index contributed by atoms with van der Waals surface area (Å²) in [5.74, 6) is -0.539. The van der Waals surface area contributed by atoms with E-state index < -0.39 is 5.97 Å². The van der Waals surface area contributed by atoms with Crippen molar-refractivity contribution in [2.24, 2.45) is 0 Å². The molecular formula is C18H14ClN3O4S. The molecular weight excluding hydrogens is 390 g/mol. The highest BCUT2D eigenvalue weighted by Crippen LogP contribution is 2.36. The number of carboxylic acid groups (broad SMARTS) is 1. The minimum absolute atomic E-state index is 0.0148. The second-order valence-corrected chi connectivity index (χ2v) is 6.52. The zero-order valence-corrected chi connectivity index (χ0v) is 15.9. The largest absolute Gasteiger partial charge is 0.481 e. The zero-order valence-electron chi connectivity index (χ0n) is 14.3. The van der Waals surface area contributed by atoms with Gasteiger partial charge in [-0.15, -0.1) is 0 Å². The molecule has 1 N–H and O–H groups in total. The molecule has 3 aromatic rings. The summed E-state index contributed by atoms with van der Waals surface area (Å²) in [5.41, 5.74) is 1.08. The first-order chi connectivity index (χ1) is 13.0. The Bertz CT molecular complexity index is 978. The molecule has 138 valence electrons. The first-order valence-electron chi connectivity index (χ1n) is 7.65. The number of hydrogen-bond donors (Lipinski definition) is 1. The van der Waals surface area contributed by atoms with Gasteiger partial charge in [0, 0.05) is 22.3 Å². The molecule has 0 atom stereocenters. The fourth-order valence-electron chi connectivity index (χ4n) is 2.36. The van der Waals surface area contributed by atoms with Gasteiger partial charge in [0.05, 0.1) is 25.8 Å². The van der Waals surface area contributed by atoms with Crippen LogP contribution in [0.5, 0.6) is 11.8 Å². The van der Waals surface area contributed by atoms with Gasteiger partial charge in [0.1, 0.15) is 5.03 Å². The molecule has 7 nitrogen and oxygen atoms in total. The Morgan fingerprint density at radius 3 is 2.33 bits per heavy atom. The molecule has 1 aromatic carbocycles. The molecule has 2 aromatic heterocycles. The van der Waals surface area contributed by atoms with Crippen LogP contribution in [0.25, 0.3) is 11.1 Å². The molecule has 0 saturated carbocycles. The molecule has 9 heteroatoms. The summed E-state index contributed by atoms with van der Waals surface area (Å²) >= 11 is 7.25. The maximum Gasteiger partial charge on any atom is 0.339 e. The van der Waals surface area contributed by atoms with E-state index in [-0.39, 0.29) is 15.7 Å². The highest BCUT2D eigenvalue weighted by molar-refractivity contribution is 7.99. The second-order valence-electron chi connectivity index (χ2n) is 5.16. The number of methoxy groups -OCH3 is 2. The number of halogens is 1. The van der Waals surface area contributed by atoms with Crippen LogP contribution in [0.1, 0.15) is 10.4 Å². The lowest BCUT2D eigenvalue weighted by molar-refractivity contribution is 0.0693. The number of carbonyl (C=O) groups is 1. The van der Waals surface area contributed by atoms with E-state index in [4.69, 9.17) is 21.1 Å². The number of rotatable bonds is 6. The molecule has 0 bridgehead atoms. The number of aromatic carboxylic acids is 1. The minimum atomic E-state index is -1.13. The van der Waals surface area contributed by atoms with Gasteiger partial charge < -0.3 is 14.6 Å². The normalized spacial score (nSPS) is 10.5. The molecule has 0 spiro atoms. The molecule has 2 heterocycles. The third-order valence-electron chi connectivity index (χ3n) is 3.56. The first kappa shape index (κ1) is 18.9. The van der Waals surface area contributed by atoms with Crippen molar-refractivity contribution in [1.82, 2.24) is 15.0 Å². The number of hydrogen-bond acceptors (Lipinski definition) is 7. The summed E-state index contributed by atoms with van der Waals surface area (Å²) in [4.78, 5) is 24.6. The van der Waals surface area contributed by atoms with E-state index in [2.05, 4.69) is 15.0 Å². The van der Waals surface area contributed by atoms with Crippen LogP contribution in [0.4, 0.5) is 0 Å². The van der Waals surface area contributed by atoms with E-state index in [1.165, 1.54) is 26.5 Å². The fraction of sp³-hybridized carbons (Fsp3) is 0.111. The van der Waals surface area contributed by atoms with Crippen molar-refractivity contribution in [2.45, 2.75) is 10.2 Å². The summed E-state index contributed by atoms with van der Waals surface area (Å²) in [6.45, 7) is 0. The quantitative estimate of drug-likeness (QED) is 0.616. The molecule has 3 rings (SSSR count). The maximum atomic E-state index is 12.0. The number of carboxylic acids is 1. The lowest BCUT2D eigenvalue weighted by Crippen LogP contribution is -2.05. The van der Waals surface area contributed by atoms with Crippen LogP contribution >= 0.6 is 23.4 Å². The molecule has 0 saturated heterocycles. The molecule has 0 fully saturated rings. The van der Waals surface area contributed by atoms with Gasteiger partial charge >= 0.3 is 5.97 Å². The second kappa shape index (κ2) is 8.24. The third-order valence-corrected chi connectivity index (χ3v) is 4.76. The zero-order chi connectivity index (χ0) is 19.4. The maximum absolute atomic E-state index is 12.0. The summed E-state index contributed by atoms with van der Waals surface area (Å²) in [6, 6.07) is 10.2. The highest BCUT2D eigenvalue weighted by Gasteiger charge is 2.21. The molecule has 0 aliphatic rings. The number of ether oxygens (including phenoxy) is 2. The monoisotopic (exact) mass is 403 g/mol. The van der Waals surface area contributed by atoms with Crippen LogP contribution in [0, 0.1) is 0 Å². The summed E-state index contributed by atoms with van der Waals surface area (Å²) in [6.07, 6.45) is 1.52. The van der Waals surface area contributed by atoms with Gasteiger partial charge in [-0.05, 0) is 23.9 Å². The van der Waals surface area contributed by atoms with Crippen molar-refractivity contribution in [3.05, 3.63) is 53.2 Å². The average molecular weight is 404 g/mol. The van der Waals surface area contributed by atoms with Crippen LogP contribution in [0.3, 0.4) is 0 Å². The van der Waals surface area contributed by atoms with Crippen molar-refractivity contribution < 1.29 is 19.4 Å². The van der Waals surface area contributed by atoms with E-state index in [1.54, 1.807) is 30.3 Å². The van der Waals surface area contributed by atoms with E-state index in [9.17, 15) is 9.90 Å². The van der Waals surface area contributed by atoms with Gasteiger partial charge in [-0.1, -0.05) is 29.8 Å². The minimum Gasteiger partial charge on any atom is -0.481 e. The highest BCUT2D eigenvalue weighted by atomic mass is 35.5. The predicted molar refractivity (Wildman–Crippen MR) is 101 cm³/mol. The van der Waals surface area contributed by atoms with Gasteiger partial charge in [-0.3, -0.25) is 0 Å². The topological polar surface area (TPSA) is 94.4 Å². The SMILES string of the molecule is COc1cc(OC)nc(Sc2nccc(-c3ccccc3Cl)c2C(=O)O)n1. The Morgan fingerprint density at radius 1 is 1.07 bits per heavy atom. The van der Waals surface area contributed by atoms with Crippen LogP contribution < -0.4 is 9.47 Å². The van der Waals surface area contributed by atoms with E-state index >= 15 is 0 Å². The fourth-order valence-corrected chi connectivity index (χ4v) is 3.45. The van der Waals surface area contributed by atoms with Crippen LogP contribution in [0.2, 0.25) is 5.02 Å². The van der Waals surface area contributed by atoms with Crippen LogP contribution in [0.15, 0.2) is 52.8 Å². The lowest BCUT2D eigenvalue weighted by Gasteiger charge is -2.12. The van der Waals surface area contributed by atoms with Crippen molar-refractivity contribution in [3.8, 4) is 22.9 Å². The molecule has 0 amide bonds. The molecule has 0 aliphatic carbocycles. The van der Waals surface area contributed by atoms with Gasteiger partial charge in [0.25, 0.3) is 0 Å². The Kier molecular flexibility index (Phi) is 5.78. The van der Waals surface area contributed by atoms with Gasteiger partial charge in [-0.25, -0.2) is 9.78 Å². The van der Waals surface area contributed by atoms with Crippen molar-refractivity contribution in [2.75, 3.05) is 14.2 Å². The summed E-state index contributed by atoms with van der Waals surface area (Å²) < 4.78 is 10.2. The molecule has 0 unspecified atom stereocenters. The van der Waals surface area contributed by atoms with Gasteiger partial charge in [0.2, 0.25) is 16.9 Å². The molecule has 0 radical (unpaired) electrons. The number of nitrogens with zero attached hydrogens (tertiary/aromatic N) is 3. The standard InChI is InChI=1S/C18H14ClN3O4S/c1-25-13-9-14(26-2)22-18(21-13)27-16-15(17(23)24)11(7-8-20-16)10-5-3-4-6-12(10)19/h3-9H,1-2H3,(H,23,24). The van der Waals surface area contributed by atoms with Gasteiger partial charge in [0.15, 0.2) is 0 Å². The lowest BCUT2D eigenvalue weighted by atomic mass is 10.0. The molecule has 27 heavy (non-hydrogen) atoms. The Balaban J connectivity index is 2.11. The van der Waals surface area contributed by atoms with Gasteiger partial charge in [-0.2, -0.15) is 9.97 Å². The van der Waals surface area contributed by atoms with Crippen molar-refractivity contribution in [3.63, 3.8) is 0 Å². The number of pyridine rings is 1. The predicted octanol–water partition coefficient (Wildman–Crippen LogP) is 4.06. The van der Waals surface area contributed by atoms with E-state index in [1.807, 2.05) is 0 Å². The van der Waals surface area contributed by atoms with Crippen molar-refractivity contribution >= 4 is 29.3 Å². The smallest absolute Gasteiger partial charge is 0.339 e.